The van der Waals surface area contributed by atoms with Crippen molar-refractivity contribution in [2.45, 2.75) is 19.6 Å². The van der Waals surface area contributed by atoms with Gasteiger partial charge in [-0.15, -0.1) is 0 Å². The second-order valence-corrected chi connectivity index (χ2v) is 10.0. The number of hydrogen-bond acceptors (Lipinski definition) is 5. The van der Waals surface area contributed by atoms with E-state index in [2.05, 4.69) is 28.4 Å². The molecule has 0 spiro atoms. The number of benzene rings is 1. The molecule has 3 rings (SSSR count). The Morgan fingerprint density at radius 3 is 2.58 bits per heavy atom. The number of amides is 3. The summed E-state index contributed by atoms with van der Waals surface area (Å²) in [4.78, 5) is 32.8. The molecule has 1 aliphatic heterocycles. The maximum atomic E-state index is 13.5. The Kier molecular flexibility index (Phi) is 8.15. The average molecular weight is 480 g/mol. The van der Waals surface area contributed by atoms with Gasteiger partial charge in [0.15, 0.2) is 0 Å². The van der Waals surface area contributed by atoms with Gasteiger partial charge in [0.2, 0.25) is 11.8 Å². The number of methoxy groups -OCH3 is 1. The molecule has 2 aromatic rings. The maximum Gasteiger partial charge on any atom is 0.388 e. The molecule has 1 N–H and O–H groups in total. The number of likely N-dealkylation sites (tertiary alicyclic amines) is 1. The maximum absolute atomic E-state index is 13.5. The van der Waals surface area contributed by atoms with Crippen LogP contribution in [0.4, 0.5) is 25.0 Å². The summed E-state index contributed by atoms with van der Waals surface area (Å²) in [6.07, 6.45) is 0. The lowest BCUT2D eigenvalue weighted by molar-refractivity contribution is -0.139. The van der Waals surface area contributed by atoms with E-state index in [1.165, 1.54) is 13.2 Å². The molecule has 0 atom stereocenters. The first kappa shape index (κ1) is 24.8. The average Bonchev–Trinajstić information content (AvgIpc) is 2.71. The molecule has 1 aliphatic rings. The molecule has 33 heavy (non-hydrogen) atoms. The van der Waals surface area contributed by atoms with Crippen LogP contribution in [0.2, 0.25) is 0 Å². The van der Waals surface area contributed by atoms with Crippen LogP contribution in [0.1, 0.15) is 5.69 Å². The van der Waals surface area contributed by atoms with Gasteiger partial charge in [0.1, 0.15) is 12.3 Å². The van der Waals surface area contributed by atoms with Crippen molar-refractivity contribution in [3.8, 4) is 5.88 Å². The highest BCUT2D eigenvalue weighted by Gasteiger charge is 2.39. The second-order valence-electron chi connectivity index (χ2n) is 7.75. The van der Waals surface area contributed by atoms with Crippen LogP contribution in [0.3, 0.4) is 0 Å². The second kappa shape index (κ2) is 10.9. The van der Waals surface area contributed by atoms with Crippen LogP contribution >= 0.6 is 7.92 Å². The third-order valence-electron chi connectivity index (χ3n) is 5.13. The van der Waals surface area contributed by atoms with Gasteiger partial charge in [0.05, 0.1) is 11.7 Å². The Morgan fingerprint density at radius 1 is 1.24 bits per heavy atom. The topological polar surface area (TPSA) is 84.0 Å². The molecule has 1 aromatic heterocycles. The van der Waals surface area contributed by atoms with Gasteiger partial charge in [0, 0.05) is 25.9 Å². The number of pyridine rings is 1. The zero-order valence-electron chi connectivity index (χ0n) is 18.9. The molecule has 178 valence electrons. The van der Waals surface area contributed by atoms with Crippen molar-refractivity contribution in [1.29, 1.82) is 0 Å². The number of anilines is 2. The van der Waals surface area contributed by atoms with Crippen LogP contribution in [0, 0.1) is 6.92 Å². The fraction of sp³-hybridized carbons (Fsp3) is 0.409. The van der Waals surface area contributed by atoms with Crippen molar-refractivity contribution in [3.63, 3.8) is 0 Å². The largest absolute Gasteiger partial charge is 0.415 e. The SMILES string of the molecule is COCC(=O)N1CC(N(C(=O)Nc2ccc(C)nc2OC(F)F)c2ccccc2P(C)C)C1. The molecule has 1 aromatic carbocycles. The smallest absolute Gasteiger partial charge is 0.388 e. The molecule has 2 heterocycles. The zero-order chi connectivity index (χ0) is 24.1. The molecular weight excluding hydrogens is 453 g/mol. The predicted molar refractivity (Wildman–Crippen MR) is 124 cm³/mol. The summed E-state index contributed by atoms with van der Waals surface area (Å²) in [6.45, 7) is 3.35. The molecular formula is C22H27F2N4O4P. The molecule has 1 fully saturated rings. The van der Waals surface area contributed by atoms with Crippen molar-refractivity contribution in [2.75, 3.05) is 50.4 Å². The molecule has 0 saturated carbocycles. The molecule has 1 saturated heterocycles. The molecule has 11 heteroatoms. The summed E-state index contributed by atoms with van der Waals surface area (Å²) in [5.41, 5.74) is 1.22. The standard InChI is InChI=1S/C22H27F2N4O4P/c1-14-9-10-16(20(25-14)32-21(23)24)26-22(30)28(15-11-27(12-15)19(29)13-31-2)17-7-5-6-8-18(17)33(3)4/h5-10,15,21H,11-13H2,1-4H3,(H,26,30). The van der Waals surface area contributed by atoms with E-state index in [0.29, 0.717) is 24.5 Å². The summed E-state index contributed by atoms with van der Waals surface area (Å²) >= 11 is 0. The van der Waals surface area contributed by atoms with Crippen molar-refractivity contribution in [3.05, 3.63) is 42.1 Å². The lowest BCUT2D eigenvalue weighted by Crippen LogP contribution is -2.64. The van der Waals surface area contributed by atoms with Gasteiger partial charge in [-0.2, -0.15) is 8.78 Å². The summed E-state index contributed by atoms with van der Waals surface area (Å²) in [6, 6.07) is 9.82. The minimum atomic E-state index is -3.08. The van der Waals surface area contributed by atoms with Crippen molar-refractivity contribution < 1.29 is 27.8 Å². The van der Waals surface area contributed by atoms with Crippen molar-refractivity contribution in [1.82, 2.24) is 9.88 Å². The molecule has 3 amide bonds. The molecule has 0 bridgehead atoms. The van der Waals surface area contributed by atoms with Crippen LogP contribution in [0.5, 0.6) is 5.88 Å². The number of para-hydroxylation sites is 1. The number of halogens is 2. The summed E-state index contributed by atoms with van der Waals surface area (Å²) in [7, 11) is 0.901. The quantitative estimate of drug-likeness (QED) is 0.587. The van der Waals surface area contributed by atoms with Gasteiger partial charge in [-0.3, -0.25) is 9.69 Å². The highest BCUT2D eigenvalue weighted by Crippen LogP contribution is 2.33. The Hall–Kier alpha value is -2.84. The Balaban J connectivity index is 1.91. The molecule has 0 unspecified atom stereocenters. The zero-order valence-corrected chi connectivity index (χ0v) is 19.8. The van der Waals surface area contributed by atoms with E-state index in [1.807, 2.05) is 24.3 Å². The van der Waals surface area contributed by atoms with Gasteiger partial charge in [0.25, 0.3) is 0 Å². The fourth-order valence-corrected chi connectivity index (χ4v) is 4.56. The molecule has 8 nitrogen and oxygen atoms in total. The van der Waals surface area contributed by atoms with E-state index in [4.69, 9.17) is 4.74 Å². The van der Waals surface area contributed by atoms with Gasteiger partial charge in [-0.25, -0.2) is 9.78 Å². The minimum absolute atomic E-state index is 0.0336. The Morgan fingerprint density at radius 2 is 1.94 bits per heavy atom. The highest BCUT2D eigenvalue weighted by molar-refractivity contribution is 7.64. The number of carbonyl (C=O) groups excluding carboxylic acids is 2. The number of carbonyl (C=O) groups is 2. The van der Waals surface area contributed by atoms with Crippen LogP contribution in [-0.4, -0.2) is 74.6 Å². The number of rotatable bonds is 8. The molecule has 0 radical (unpaired) electrons. The number of hydrogen-bond donors (Lipinski definition) is 1. The van der Waals surface area contributed by atoms with Crippen LogP contribution in [0.15, 0.2) is 36.4 Å². The monoisotopic (exact) mass is 480 g/mol. The number of alkyl halides is 2. The normalized spacial score (nSPS) is 13.8. The van der Waals surface area contributed by atoms with Crippen molar-refractivity contribution >= 4 is 36.5 Å². The van der Waals surface area contributed by atoms with Crippen LogP contribution in [-0.2, 0) is 9.53 Å². The number of nitrogens with zero attached hydrogens (tertiary/aromatic N) is 3. The fourth-order valence-electron chi connectivity index (χ4n) is 3.53. The van der Waals surface area contributed by atoms with Gasteiger partial charge >= 0.3 is 12.6 Å². The number of urea groups is 1. The van der Waals surface area contributed by atoms with E-state index in [-0.39, 0.29) is 30.1 Å². The van der Waals surface area contributed by atoms with Crippen LogP contribution in [0.25, 0.3) is 0 Å². The predicted octanol–water partition coefficient (Wildman–Crippen LogP) is 3.25. The Bertz CT molecular complexity index is 1000. The van der Waals surface area contributed by atoms with Gasteiger partial charge < -0.3 is 19.7 Å². The van der Waals surface area contributed by atoms with E-state index in [1.54, 1.807) is 22.8 Å². The Labute approximate surface area is 192 Å². The first-order valence-electron chi connectivity index (χ1n) is 10.3. The van der Waals surface area contributed by atoms with E-state index >= 15 is 0 Å². The summed E-state index contributed by atoms with van der Waals surface area (Å²) < 4.78 is 35.2. The lowest BCUT2D eigenvalue weighted by Gasteiger charge is -2.45. The minimum Gasteiger partial charge on any atom is -0.415 e. The van der Waals surface area contributed by atoms with Crippen LogP contribution < -0.4 is 20.3 Å². The first-order chi connectivity index (χ1) is 15.7. The van der Waals surface area contributed by atoms with E-state index < -0.39 is 20.6 Å². The number of ether oxygens (including phenoxy) is 2. The van der Waals surface area contributed by atoms with Gasteiger partial charge in [-0.1, -0.05) is 26.1 Å². The first-order valence-corrected chi connectivity index (χ1v) is 12.5. The van der Waals surface area contributed by atoms with E-state index in [9.17, 15) is 18.4 Å². The number of aromatic nitrogens is 1. The summed E-state index contributed by atoms with van der Waals surface area (Å²) in [5.74, 6) is -0.517. The van der Waals surface area contributed by atoms with Crippen molar-refractivity contribution in [2.24, 2.45) is 0 Å². The third kappa shape index (κ3) is 5.94. The highest BCUT2D eigenvalue weighted by atomic mass is 31.1. The number of nitrogens with one attached hydrogen (secondary N) is 1. The number of aryl methyl sites for hydroxylation is 1. The summed E-state index contributed by atoms with van der Waals surface area (Å²) in [5, 5.41) is 3.68. The lowest BCUT2D eigenvalue weighted by atomic mass is 10.1. The third-order valence-corrected chi connectivity index (χ3v) is 6.47. The molecule has 0 aliphatic carbocycles. The van der Waals surface area contributed by atoms with E-state index in [0.717, 1.165) is 5.30 Å². The van der Waals surface area contributed by atoms with Gasteiger partial charge in [-0.05, 0) is 43.8 Å².